The number of hydrogen-bond acceptors (Lipinski definition) is 5. The van der Waals surface area contributed by atoms with Crippen LogP contribution in [0.4, 0.5) is 5.69 Å². The molecule has 6 heteroatoms. The molecule has 0 bridgehead atoms. The fourth-order valence-corrected chi connectivity index (χ4v) is 3.49. The zero-order valence-electron chi connectivity index (χ0n) is 14.8. The predicted molar refractivity (Wildman–Crippen MR) is 107 cm³/mol. The van der Waals surface area contributed by atoms with Crippen LogP contribution in [0.2, 0.25) is 0 Å². The molecule has 27 heavy (non-hydrogen) atoms. The number of esters is 1. The van der Waals surface area contributed by atoms with Crippen molar-refractivity contribution in [2.45, 2.75) is 13.0 Å². The molecule has 1 atom stereocenters. The molecular weight excluding hydrogens is 360 g/mol. The van der Waals surface area contributed by atoms with E-state index in [1.165, 1.54) is 0 Å². The zero-order valence-corrected chi connectivity index (χ0v) is 15.7. The Morgan fingerprint density at radius 3 is 2.56 bits per heavy atom. The van der Waals surface area contributed by atoms with Gasteiger partial charge in [-0.1, -0.05) is 48.5 Å². The molecule has 0 saturated heterocycles. The predicted octanol–water partition coefficient (Wildman–Crippen LogP) is 3.70. The van der Waals surface area contributed by atoms with Gasteiger partial charge in [0.2, 0.25) is 0 Å². The number of benzene rings is 2. The Kier molecular flexibility index (Phi) is 5.88. The summed E-state index contributed by atoms with van der Waals surface area (Å²) in [4.78, 5) is 25.6. The molecule has 0 radical (unpaired) electrons. The highest BCUT2D eigenvalue weighted by molar-refractivity contribution is 7.10. The van der Waals surface area contributed by atoms with Crippen molar-refractivity contribution in [3.63, 3.8) is 0 Å². The van der Waals surface area contributed by atoms with Gasteiger partial charge in [-0.2, -0.15) is 0 Å². The number of carbonyl (C=O) groups is 2. The van der Waals surface area contributed by atoms with Gasteiger partial charge in [0.05, 0.1) is 11.6 Å². The third-order valence-electron chi connectivity index (χ3n) is 4.14. The molecule has 0 aliphatic rings. The SMILES string of the molecule is Cc1cccc(C(=O)OCC(=O)N[C@@H](c2ccccc2)c2cccs2)c1N. The Morgan fingerprint density at radius 1 is 1.07 bits per heavy atom. The maximum absolute atomic E-state index is 12.4. The lowest BCUT2D eigenvalue weighted by molar-refractivity contribution is -0.124. The van der Waals surface area contributed by atoms with E-state index < -0.39 is 5.97 Å². The highest BCUT2D eigenvalue weighted by atomic mass is 32.1. The lowest BCUT2D eigenvalue weighted by Crippen LogP contribution is -2.32. The van der Waals surface area contributed by atoms with Crippen LogP contribution in [0.25, 0.3) is 0 Å². The molecule has 0 aliphatic heterocycles. The van der Waals surface area contributed by atoms with Gasteiger partial charge in [-0.05, 0) is 35.6 Å². The van der Waals surface area contributed by atoms with Crippen LogP contribution in [-0.2, 0) is 9.53 Å². The number of rotatable bonds is 6. The standard InChI is InChI=1S/C21H20N2O3S/c1-14-7-5-10-16(19(14)22)21(25)26-13-18(24)23-20(17-11-6-12-27-17)15-8-3-2-4-9-15/h2-12,20H,13,22H2,1H3,(H,23,24)/t20-/m0/s1. The first-order chi connectivity index (χ1) is 13.1. The Bertz CT molecular complexity index is 924. The van der Waals surface area contributed by atoms with Crippen LogP contribution in [0.5, 0.6) is 0 Å². The summed E-state index contributed by atoms with van der Waals surface area (Å²) in [5, 5.41) is 4.89. The maximum Gasteiger partial charge on any atom is 0.340 e. The maximum atomic E-state index is 12.4. The number of nitrogens with two attached hydrogens (primary N) is 1. The molecule has 3 N–H and O–H groups in total. The normalized spacial score (nSPS) is 11.6. The Labute approximate surface area is 161 Å². The average molecular weight is 380 g/mol. The fraction of sp³-hybridized carbons (Fsp3) is 0.143. The summed E-state index contributed by atoms with van der Waals surface area (Å²) in [5.74, 6) is -0.990. The van der Waals surface area contributed by atoms with Crippen molar-refractivity contribution in [1.29, 1.82) is 0 Å². The monoisotopic (exact) mass is 380 g/mol. The van der Waals surface area contributed by atoms with Crippen molar-refractivity contribution in [1.82, 2.24) is 5.32 Å². The topological polar surface area (TPSA) is 81.4 Å². The Morgan fingerprint density at radius 2 is 1.85 bits per heavy atom. The van der Waals surface area contributed by atoms with Crippen LogP contribution in [0.3, 0.4) is 0 Å². The summed E-state index contributed by atoms with van der Waals surface area (Å²) >= 11 is 1.55. The van der Waals surface area contributed by atoms with Crippen molar-refractivity contribution < 1.29 is 14.3 Å². The van der Waals surface area contributed by atoms with E-state index in [0.717, 1.165) is 16.0 Å². The van der Waals surface area contributed by atoms with Gasteiger partial charge in [0, 0.05) is 10.6 Å². The van der Waals surface area contributed by atoms with Crippen LogP contribution in [-0.4, -0.2) is 18.5 Å². The van der Waals surface area contributed by atoms with Crippen LogP contribution in [0.1, 0.15) is 32.4 Å². The van der Waals surface area contributed by atoms with Crippen molar-refractivity contribution >= 4 is 28.9 Å². The Balaban J connectivity index is 1.66. The summed E-state index contributed by atoms with van der Waals surface area (Å²) in [6.07, 6.45) is 0. The summed E-state index contributed by atoms with van der Waals surface area (Å²) in [6, 6.07) is 18.4. The van der Waals surface area contributed by atoms with Gasteiger partial charge in [-0.15, -0.1) is 11.3 Å². The lowest BCUT2D eigenvalue weighted by Gasteiger charge is -2.18. The van der Waals surface area contributed by atoms with Crippen molar-refractivity contribution in [2.75, 3.05) is 12.3 Å². The van der Waals surface area contributed by atoms with Crippen molar-refractivity contribution in [2.24, 2.45) is 0 Å². The molecule has 3 rings (SSSR count). The second-order valence-corrected chi connectivity index (χ2v) is 7.02. The van der Waals surface area contributed by atoms with E-state index in [4.69, 9.17) is 10.5 Å². The molecule has 2 aromatic carbocycles. The van der Waals surface area contributed by atoms with Crippen LogP contribution >= 0.6 is 11.3 Å². The van der Waals surface area contributed by atoms with Gasteiger partial charge in [0.25, 0.3) is 5.91 Å². The second kappa shape index (κ2) is 8.51. The summed E-state index contributed by atoms with van der Waals surface area (Å²) < 4.78 is 5.15. The van der Waals surface area contributed by atoms with Gasteiger partial charge in [-0.3, -0.25) is 4.79 Å². The van der Waals surface area contributed by atoms with Gasteiger partial charge < -0.3 is 15.8 Å². The largest absolute Gasteiger partial charge is 0.452 e. The first kappa shape index (κ1) is 18.7. The molecule has 0 aliphatic carbocycles. The molecule has 0 spiro atoms. The summed E-state index contributed by atoms with van der Waals surface area (Å²) in [6.45, 7) is 1.44. The van der Waals surface area contributed by atoms with Crippen LogP contribution < -0.4 is 11.1 Å². The molecule has 138 valence electrons. The summed E-state index contributed by atoms with van der Waals surface area (Å²) in [5.41, 5.74) is 8.29. The van der Waals surface area contributed by atoms with E-state index in [1.54, 1.807) is 23.5 Å². The number of nitrogens with one attached hydrogen (secondary N) is 1. The van der Waals surface area contributed by atoms with E-state index in [9.17, 15) is 9.59 Å². The lowest BCUT2D eigenvalue weighted by atomic mass is 10.1. The quantitative estimate of drug-likeness (QED) is 0.505. The minimum atomic E-state index is -0.612. The third-order valence-corrected chi connectivity index (χ3v) is 5.08. The molecule has 0 saturated carbocycles. The molecule has 1 heterocycles. The first-order valence-corrected chi connectivity index (χ1v) is 9.34. The van der Waals surface area contributed by atoms with Crippen LogP contribution in [0.15, 0.2) is 66.0 Å². The molecule has 5 nitrogen and oxygen atoms in total. The van der Waals surface area contributed by atoms with E-state index in [-0.39, 0.29) is 24.1 Å². The number of hydrogen-bond donors (Lipinski definition) is 2. The molecule has 0 fully saturated rings. The highest BCUT2D eigenvalue weighted by Gasteiger charge is 2.19. The molecule has 1 aromatic heterocycles. The van der Waals surface area contributed by atoms with Gasteiger partial charge in [-0.25, -0.2) is 4.79 Å². The summed E-state index contributed by atoms with van der Waals surface area (Å²) in [7, 11) is 0. The average Bonchev–Trinajstić information content (AvgIpc) is 3.21. The smallest absolute Gasteiger partial charge is 0.340 e. The molecule has 3 aromatic rings. The van der Waals surface area contributed by atoms with E-state index in [0.29, 0.717) is 5.69 Å². The molecule has 1 amide bonds. The number of thiophene rings is 1. The van der Waals surface area contributed by atoms with E-state index in [2.05, 4.69) is 5.32 Å². The van der Waals surface area contributed by atoms with E-state index in [1.807, 2.05) is 60.8 Å². The fourth-order valence-electron chi connectivity index (χ4n) is 2.69. The minimum Gasteiger partial charge on any atom is -0.452 e. The minimum absolute atomic E-state index is 0.265. The Hall–Kier alpha value is -3.12. The number of carbonyl (C=O) groups excluding carboxylic acids is 2. The van der Waals surface area contributed by atoms with Crippen molar-refractivity contribution in [3.8, 4) is 0 Å². The van der Waals surface area contributed by atoms with Crippen molar-refractivity contribution in [3.05, 3.63) is 87.6 Å². The number of ether oxygens (including phenoxy) is 1. The second-order valence-electron chi connectivity index (χ2n) is 6.04. The molecular formula is C21H20N2O3S. The first-order valence-electron chi connectivity index (χ1n) is 8.46. The van der Waals surface area contributed by atoms with E-state index >= 15 is 0 Å². The number of amides is 1. The number of para-hydroxylation sites is 1. The number of aryl methyl sites for hydroxylation is 1. The molecule has 0 unspecified atom stereocenters. The number of anilines is 1. The van der Waals surface area contributed by atoms with Gasteiger partial charge in [0.15, 0.2) is 6.61 Å². The van der Waals surface area contributed by atoms with Crippen LogP contribution in [0, 0.1) is 6.92 Å². The van der Waals surface area contributed by atoms with Gasteiger partial charge in [0.1, 0.15) is 0 Å². The van der Waals surface area contributed by atoms with Gasteiger partial charge >= 0.3 is 5.97 Å². The zero-order chi connectivity index (χ0) is 19.2. The number of nitrogen functional groups attached to an aromatic ring is 1. The third kappa shape index (κ3) is 4.54. The highest BCUT2D eigenvalue weighted by Crippen LogP contribution is 2.26.